The summed E-state index contributed by atoms with van der Waals surface area (Å²) in [7, 11) is -2.84. The second kappa shape index (κ2) is 17.8. The lowest BCUT2D eigenvalue weighted by molar-refractivity contribution is -0.133. The molecular weight excluding hydrogens is 725 g/mol. The van der Waals surface area contributed by atoms with Crippen molar-refractivity contribution >= 4 is 60.0 Å². The molecule has 1 aromatic heterocycles. The van der Waals surface area contributed by atoms with Crippen LogP contribution in [0.15, 0.2) is 48.7 Å². The van der Waals surface area contributed by atoms with E-state index in [1.807, 2.05) is 0 Å². The topological polar surface area (TPSA) is 170 Å². The van der Waals surface area contributed by atoms with Crippen LogP contribution in [-0.4, -0.2) is 72.4 Å². The fraction of sp³-hybridized carbons (Fsp3) is 0.371. The van der Waals surface area contributed by atoms with Crippen molar-refractivity contribution in [3.63, 3.8) is 0 Å². The van der Waals surface area contributed by atoms with E-state index in [1.165, 1.54) is 26.3 Å². The first kappa shape index (κ1) is 40.2. The maximum Gasteiger partial charge on any atom is 0.411 e. The van der Waals surface area contributed by atoms with E-state index in [-0.39, 0.29) is 31.0 Å². The molecule has 0 saturated carbocycles. The summed E-state index contributed by atoms with van der Waals surface area (Å²) in [6.45, 7) is 4.05. The third-order valence-corrected chi connectivity index (χ3v) is 10.4. The van der Waals surface area contributed by atoms with Crippen LogP contribution in [-0.2, 0) is 32.7 Å². The largest absolute Gasteiger partial charge is 0.453 e. The summed E-state index contributed by atoms with van der Waals surface area (Å²) in [4.78, 5) is 71.8. The van der Waals surface area contributed by atoms with Gasteiger partial charge in [-0.15, -0.1) is 0 Å². The number of rotatable bonds is 12. The summed E-state index contributed by atoms with van der Waals surface area (Å²) in [6, 6.07) is 8.50. The van der Waals surface area contributed by atoms with Crippen LogP contribution in [0.25, 0.3) is 11.1 Å². The third kappa shape index (κ3) is 9.85. The minimum Gasteiger partial charge on any atom is -0.453 e. The van der Waals surface area contributed by atoms with Crippen molar-refractivity contribution in [2.75, 3.05) is 43.7 Å². The molecule has 3 aromatic rings. The van der Waals surface area contributed by atoms with Gasteiger partial charge in [0.2, 0.25) is 11.8 Å². The second-order valence-corrected chi connectivity index (χ2v) is 14.2. The van der Waals surface area contributed by atoms with Gasteiger partial charge in [0.15, 0.2) is 11.6 Å². The zero-order chi connectivity index (χ0) is 38.2. The Bertz CT molecular complexity index is 1900. The van der Waals surface area contributed by atoms with E-state index in [2.05, 4.69) is 20.4 Å². The summed E-state index contributed by atoms with van der Waals surface area (Å²) >= 11 is 5.82. The molecule has 17 heteroatoms. The van der Waals surface area contributed by atoms with Gasteiger partial charge in [0.05, 0.1) is 48.3 Å². The van der Waals surface area contributed by atoms with Crippen LogP contribution in [0.1, 0.15) is 62.1 Å². The number of carbonyl (C=O) groups excluding carboxylic acids is 5. The molecule has 0 aliphatic carbocycles. The number of pyridine rings is 1. The predicted octanol–water partition coefficient (Wildman–Crippen LogP) is 7.20. The Labute approximate surface area is 303 Å². The Morgan fingerprint density at radius 1 is 1.06 bits per heavy atom. The van der Waals surface area contributed by atoms with Gasteiger partial charge in [0.1, 0.15) is 17.8 Å². The van der Waals surface area contributed by atoms with Crippen LogP contribution in [0.3, 0.4) is 0 Å². The molecule has 4 rings (SSSR count). The minimum atomic E-state index is -4.04. The van der Waals surface area contributed by atoms with Crippen molar-refractivity contribution < 1.29 is 51.1 Å². The number of ketones is 2. The van der Waals surface area contributed by atoms with E-state index >= 15 is 0 Å². The molecule has 2 heterocycles. The van der Waals surface area contributed by atoms with Crippen LogP contribution in [0.5, 0.6) is 0 Å². The van der Waals surface area contributed by atoms with Crippen LogP contribution >= 0.6 is 19.2 Å². The molecule has 2 N–H and O–H groups in total. The minimum absolute atomic E-state index is 0.0574. The second-order valence-electron chi connectivity index (χ2n) is 11.8. The number of hydrogen-bond donors (Lipinski definition) is 2. The Hall–Kier alpha value is -4.56. The van der Waals surface area contributed by atoms with Gasteiger partial charge in [-0.3, -0.25) is 34.0 Å². The number of ether oxygens (including phenoxy) is 1. The highest BCUT2D eigenvalue weighted by Gasteiger charge is 2.36. The molecule has 0 spiro atoms. The highest BCUT2D eigenvalue weighted by molar-refractivity contribution is 7.54. The van der Waals surface area contributed by atoms with Crippen molar-refractivity contribution in [3.8, 4) is 11.1 Å². The number of Topliss-reactive ketones (excluding diaryl/α,β-unsaturated/α-hetero) is 2. The summed E-state index contributed by atoms with van der Waals surface area (Å²) in [5.74, 6) is -6.14. The molecule has 278 valence electrons. The maximum atomic E-state index is 14.8. The van der Waals surface area contributed by atoms with Crippen molar-refractivity contribution in [3.05, 3.63) is 76.6 Å². The number of halogens is 3. The fourth-order valence-electron chi connectivity index (χ4n) is 5.67. The summed E-state index contributed by atoms with van der Waals surface area (Å²) in [5, 5.41) is 4.87. The maximum absolute atomic E-state index is 14.8. The van der Waals surface area contributed by atoms with Crippen LogP contribution in [0.2, 0.25) is 5.02 Å². The van der Waals surface area contributed by atoms with Crippen molar-refractivity contribution in [1.29, 1.82) is 0 Å². The molecule has 13 nitrogen and oxygen atoms in total. The lowest BCUT2D eigenvalue weighted by Crippen LogP contribution is -2.40. The van der Waals surface area contributed by atoms with Gasteiger partial charge >= 0.3 is 13.7 Å². The Morgan fingerprint density at radius 2 is 1.77 bits per heavy atom. The molecule has 0 saturated heterocycles. The third-order valence-electron chi connectivity index (χ3n) is 8.12. The fourth-order valence-corrected chi connectivity index (χ4v) is 7.38. The molecule has 0 unspecified atom stereocenters. The smallest absolute Gasteiger partial charge is 0.411 e. The first-order valence-electron chi connectivity index (χ1n) is 16.3. The number of anilines is 2. The number of fused-ring (bicyclic) bond motifs is 4. The van der Waals surface area contributed by atoms with Gasteiger partial charge < -0.3 is 24.0 Å². The lowest BCUT2D eigenvalue weighted by Gasteiger charge is -2.33. The Kier molecular flexibility index (Phi) is 13.7. The first-order valence-corrected chi connectivity index (χ1v) is 18.4. The number of benzene rings is 2. The first-order chi connectivity index (χ1) is 24.7. The standard InChI is InChI=1S/C35H38ClF2N4O9P/c1-5-50-52(48,51-6-2)19-31(45)42(14-12-30(44)32-26(37)10-9-25(36)33(32)38)29-18-23(43)15-20(3)34(46)41-27-17-22(40-35(47)49-4)7-8-24(27)21-11-13-39-28(29)16-21/h7-11,13,16-17,20,29H,5-6,12,14-15,18-19H2,1-4H3,(H,40,47)(H,41,46)/t20-,29+/m1/s1. The van der Waals surface area contributed by atoms with E-state index in [0.717, 1.165) is 17.0 Å². The van der Waals surface area contributed by atoms with Gasteiger partial charge in [-0.25, -0.2) is 13.6 Å². The van der Waals surface area contributed by atoms with Crippen LogP contribution in [0, 0.1) is 17.6 Å². The number of hydrogen-bond acceptors (Lipinski definition) is 10. The normalized spacial score (nSPS) is 16.1. The Morgan fingerprint density at radius 3 is 2.44 bits per heavy atom. The molecule has 2 atom stereocenters. The molecule has 2 aromatic carbocycles. The lowest BCUT2D eigenvalue weighted by atomic mass is 9.93. The van der Waals surface area contributed by atoms with E-state index in [1.54, 1.807) is 38.1 Å². The summed E-state index contributed by atoms with van der Waals surface area (Å²) < 4.78 is 58.4. The van der Waals surface area contributed by atoms with Crippen molar-refractivity contribution in [1.82, 2.24) is 9.88 Å². The quantitative estimate of drug-likeness (QED) is 0.109. The van der Waals surface area contributed by atoms with E-state index < -0.39 is 96.8 Å². The Balaban J connectivity index is 1.85. The summed E-state index contributed by atoms with van der Waals surface area (Å²) in [5.41, 5.74) is 0.832. The van der Waals surface area contributed by atoms with E-state index in [9.17, 15) is 37.3 Å². The van der Waals surface area contributed by atoms with Crippen LogP contribution in [0.4, 0.5) is 25.0 Å². The molecule has 3 amide bonds. The average Bonchev–Trinajstić information content (AvgIpc) is 3.09. The molecule has 2 bridgehead atoms. The highest BCUT2D eigenvalue weighted by Crippen LogP contribution is 2.48. The summed E-state index contributed by atoms with van der Waals surface area (Å²) in [6.07, 6.45) is -1.40. The number of methoxy groups -OCH3 is 1. The SMILES string of the molecule is CCOP(=O)(CC(=O)N(CCC(=O)c1c(F)ccc(Cl)c1F)[C@H]1CC(=O)C[C@@H](C)C(=O)Nc2cc(NC(=O)OC)ccc2-c2ccnc1c2)OCC. The van der Waals surface area contributed by atoms with Gasteiger partial charge in [-0.1, -0.05) is 24.6 Å². The van der Waals surface area contributed by atoms with Crippen molar-refractivity contribution in [2.45, 2.75) is 46.1 Å². The number of aromatic nitrogens is 1. The average molecular weight is 763 g/mol. The van der Waals surface area contributed by atoms with Gasteiger partial charge in [0, 0.05) is 49.2 Å². The molecular formula is C35H38ClF2N4O9P. The zero-order valence-electron chi connectivity index (χ0n) is 28.9. The number of amides is 3. The van der Waals surface area contributed by atoms with Crippen LogP contribution < -0.4 is 10.6 Å². The molecule has 1 aliphatic rings. The monoisotopic (exact) mass is 762 g/mol. The van der Waals surface area contributed by atoms with Gasteiger partial charge in [-0.2, -0.15) is 0 Å². The van der Waals surface area contributed by atoms with E-state index in [0.29, 0.717) is 16.8 Å². The highest BCUT2D eigenvalue weighted by atomic mass is 35.5. The van der Waals surface area contributed by atoms with Gasteiger partial charge in [0.25, 0.3) is 0 Å². The number of carbonyl (C=O) groups is 5. The molecule has 0 radical (unpaired) electrons. The predicted molar refractivity (Wildman–Crippen MR) is 188 cm³/mol. The van der Waals surface area contributed by atoms with Crippen molar-refractivity contribution in [2.24, 2.45) is 5.92 Å². The number of nitrogens with zero attached hydrogens (tertiary/aromatic N) is 2. The molecule has 0 fully saturated rings. The molecule has 52 heavy (non-hydrogen) atoms. The van der Waals surface area contributed by atoms with Gasteiger partial charge in [-0.05, 0) is 55.8 Å². The number of nitrogens with one attached hydrogen (secondary N) is 2. The molecule has 1 aliphatic heterocycles. The van der Waals surface area contributed by atoms with E-state index in [4.69, 9.17) is 20.6 Å². The zero-order valence-corrected chi connectivity index (χ0v) is 30.5.